The maximum Gasteiger partial charge on any atom is 0.544 e. The van der Waals surface area contributed by atoms with Crippen molar-refractivity contribution in [3.05, 3.63) is 48.3 Å². The van der Waals surface area contributed by atoms with Crippen LogP contribution in [0.15, 0.2) is 47.6 Å². The highest BCUT2D eigenvalue weighted by Crippen LogP contribution is 2.30. The molecule has 26 heavy (non-hydrogen) atoms. The lowest BCUT2D eigenvalue weighted by Gasteiger charge is -2.24. The van der Waals surface area contributed by atoms with Gasteiger partial charge in [-0.1, -0.05) is 6.07 Å². The summed E-state index contributed by atoms with van der Waals surface area (Å²) in [7, 11) is -3.89. The maximum absolute atomic E-state index is 12.8. The summed E-state index contributed by atoms with van der Waals surface area (Å²) in [5.41, 5.74) is -1.000. The third kappa shape index (κ3) is 4.40. The Labute approximate surface area is 145 Å². The van der Waals surface area contributed by atoms with E-state index in [1.165, 1.54) is 0 Å². The van der Waals surface area contributed by atoms with Crippen LogP contribution >= 0.6 is 0 Å². The van der Waals surface area contributed by atoms with Crippen molar-refractivity contribution in [2.45, 2.75) is 11.3 Å². The van der Waals surface area contributed by atoms with Crippen LogP contribution in [-0.2, 0) is 19.6 Å². The Kier molecular flexibility index (Phi) is 5.37. The van der Waals surface area contributed by atoms with Gasteiger partial charge >= 0.3 is 12.3 Å². The molecule has 0 aliphatic heterocycles. The first-order valence-electron chi connectivity index (χ1n) is 6.68. The number of rotatable bonds is 5. The lowest BCUT2D eigenvalue weighted by Crippen LogP contribution is -2.37. The smallest absolute Gasteiger partial charge is 0.508 e. The third-order valence-electron chi connectivity index (χ3n) is 2.88. The largest absolute Gasteiger partial charge is 0.544 e. The second-order valence-electron chi connectivity index (χ2n) is 4.69. The van der Waals surface area contributed by atoms with Crippen LogP contribution in [0.5, 0.6) is 5.75 Å². The van der Waals surface area contributed by atoms with Crippen LogP contribution < -0.4 is 4.47 Å². The Bertz CT molecular complexity index is 917. The van der Waals surface area contributed by atoms with E-state index in [9.17, 15) is 31.5 Å². The monoisotopic (exact) mass is 392 g/mol. The van der Waals surface area contributed by atoms with E-state index in [4.69, 9.17) is 0 Å². The number of halogens is 3. The van der Waals surface area contributed by atoms with E-state index in [-0.39, 0.29) is 5.56 Å². The SMILES string of the molecule is COC(=O)c1cncc(N(OC(F)(F)F)S(=O)(=O)c2cccc(O)c2)c1. The average molecular weight is 392 g/mol. The number of sulfonamides is 1. The Balaban J connectivity index is 2.59. The Morgan fingerprint density at radius 1 is 1.23 bits per heavy atom. The van der Waals surface area contributed by atoms with Crippen LogP contribution in [0.3, 0.4) is 0 Å². The van der Waals surface area contributed by atoms with E-state index in [0.29, 0.717) is 0 Å². The van der Waals surface area contributed by atoms with Gasteiger partial charge in [-0.3, -0.25) is 4.98 Å². The van der Waals surface area contributed by atoms with Crippen molar-refractivity contribution in [3.8, 4) is 5.75 Å². The molecular formula is C14H11F3N2O6S. The molecule has 1 aromatic heterocycles. The standard InChI is InChI=1S/C14H11F3N2O6S/c1-24-13(21)9-5-10(8-18-7-9)19(25-14(15,16)17)26(22,23)12-4-2-3-11(20)6-12/h2-8,20H,1H3. The number of esters is 1. The number of benzene rings is 1. The summed E-state index contributed by atoms with van der Waals surface area (Å²) in [5.74, 6) is -1.43. The molecule has 2 aromatic rings. The second-order valence-corrected chi connectivity index (χ2v) is 6.44. The molecule has 140 valence electrons. The summed E-state index contributed by atoms with van der Waals surface area (Å²) in [6.07, 6.45) is -3.65. The summed E-state index contributed by atoms with van der Waals surface area (Å²) >= 11 is 0. The minimum Gasteiger partial charge on any atom is -0.508 e. The Morgan fingerprint density at radius 2 is 1.92 bits per heavy atom. The van der Waals surface area contributed by atoms with Crippen molar-refractivity contribution in [2.24, 2.45) is 0 Å². The van der Waals surface area contributed by atoms with E-state index in [0.717, 1.165) is 49.8 Å². The molecule has 8 nitrogen and oxygen atoms in total. The summed E-state index contributed by atoms with van der Waals surface area (Å²) in [6.45, 7) is 0. The van der Waals surface area contributed by atoms with Crippen molar-refractivity contribution in [1.82, 2.24) is 4.98 Å². The van der Waals surface area contributed by atoms with E-state index in [1.807, 2.05) is 0 Å². The molecule has 1 heterocycles. The van der Waals surface area contributed by atoms with Gasteiger partial charge in [0, 0.05) is 12.3 Å². The molecular weight excluding hydrogens is 381 g/mol. The molecule has 0 saturated carbocycles. The first kappa shape index (κ1) is 19.5. The molecule has 0 fully saturated rings. The van der Waals surface area contributed by atoms with Crippen molar-refractivity contribution in [2.75, 3.05) is 11.6 Å². The van der Waals surface area contributed by atoms with Gasteiger partial charge in [-0.15, -0.1) is 17.6 Å². The molecule has 1 N–H and O–H groups in total. The Hall–Kier alpha value is -2.86. The van der Waals surface area contributed by atoms with Crippen molar-refractivity contribution in [3.63, 3.8) is 0 Å². The molecule has 0 aliphatic carbocycles. The molecule has 0 unspecified atom stereocenters. The number of carbonyl (C=O) groups is 1. The number of alkyl halides is 3. The van der Waals surface area contributed by atoms with Crippen LogP contribution in [-0.4, -0.2) is 37.9 Å². The minimum atomic E-state index is -5.37. The average Bonchev–Trinajstić information content (AvgIpc) is 2.58. The lowest BCUT2D eigenvalue weighted by molar-refractivity contribution is -0.322. The summed E-state index contributed by atoms with van der Waals surface area (Å²) in [4.78, 5) is 18.0. The number of nitrogens with zero attached hydrogens (tertiary/aromatic N) is 2. The van der Waals surface area contributed by atoms with Gasteiger partial charge in [-0.05, 0) is 18.2 Å². The summed E-state index contributed by atoms with van der Waals surface area (Å²) < 4.78 is 67.3. The fraction of sp³-hybridized carbons (Fsp3) is 0.143. The van der Waals surface area contributed by atoms with Gasteiger partial charge in [0.05, 0.1) is 23.8 Å². The highest BCUT2D eigenvalue weighted by Gasteiger charge is 2.40. The number of phenolic OH excluding ortho intramolecular Hbond substituents is 1. The molecule has 0 spiro atoms. The van der Waals surface area contributed by atoms with Gasteiger partial charge in [0.25, 0.3) is 10.0 Å². The van der Waals surface area contributed by atoms with Gasteiger partial charge in [-0.25, -0.2) is 4.79 Å². The van der Waals surface area contributed by atoms with Gasteiger partial charge in [-0.2, -0.15) is 13.3 Å². The van der Waals surface area contributed by atoms with E-state index >= 15 is 0 Å². The number of aromatic nitrogens is 1. The number of carbonyl (C=O) groups excluding carboxylic acids is 1. The number of ether oxygens (including phenoxy) is 1. The molecule has 0 aliphatic rings. The van der Waals surface area contributed by atoms with Crippen molar-refractivity contribution < 1.29 is 41.1 Å². The second kappa shape index (κ2) is 7.17. The third-order valence-corrected chi connectivity index (χ3v) is 4.45. The van der Waals surface area contributed by atoms with E-state index in [2.05, 4.69) is 14.6 Å². The fourth-order valence-electron chi connectivity index (χ4n) is 1.83. The molecule has 0 atom stereocenters. The zero-order chi connectivity index (χ0) is 19.5. The maximum atomic E-state index is 12.8. The fourth-order valence-corrected chi connectivity index (χ4v) is 3.10. The van der Waals surface area contributed by atoms with Crippen molar-refractivity contribution in [1.29, 1.82) is 0 Å². The molecule has 2 rings (SSSR count). The zero-order valence-corrected chi connectivity index (χ0v) is 13.8. The molecule has 0 amide bonds. The van der Waals surface area contributed by atoms with Crippen LogP contribution in [0.1, 0.15) is 10.4 Å². The highest BCUT2D eigenvalue weighted by atomic mass is 32.2. The number of hydrogen-bond acceptors (Lipinski definition) is 7. The highest BCUT2D eigenvalue weighted by molar-refractivity contribution is 7.92. The summed E-state index contributed by atoms with van der Waals surface area (Å²) in [6, 6.07) is 4.74. The van der Waals surface area contributed by atoms with Crippen LogP contribution in [0.25, 0.3) is 0 Å². The van der Waals surface area contributed by atoms with Crippen LogP contribution in [0.2, 0.25) is 0 Å². The summed E-state index contributed by atoms with van der Waals surface area (Å²) in [5, 5.41) is 9.39. The minimum absolute atomic E-state index is 0.299. The normalized spacial score (nSPS) is 11.8. The quantitative estimate of drug-likeness (QED) is 0.614. The van der Waals surface area contributed by atoms with Crippen molar-refractivity contribution >= 4 is 21.7 Å². The number of pyridine rings is 1. The van der Waals surface area contributed by atoms with Gasteiger partial charge < -0.3 is 9.84 Å². The lowest BCUT2D eigenvalue weighted by atomic mass is 10.3. The van der Waals surface area contributed by atoms with Gasteiger partial charge in [0.2, 0.25) is 0 Å². The Morgan fingerprint density at radius 3 is 2.50 bits per heavy atom. The van der Waals surface area contributed by atoms with Crippen LogP contribution in [0, 0.1) is 0 Å². The molecule has 0 radical (unpaired) electrons. The van der Waals surface area contributed by atoms with E-state index < -0.39 is 43.2 Å². The van der Waals surface area contributed by atoms with Gasteiger partial charge in [0.15, 0.2) is 0 Å². The number of methoxy groups -OCH3 is 1. The van der Waals surface area contributed by atoms with E-state index in [1.54, 1.807) is 0 Å². The zero-order valence-electron chi connectivity index (χ0n) is 13.0. The molecule has 0 saturated heterocycles. The van der Waals surface area contributed by atoms with Crippen LogP contribution in [0.4, 0.5) is 18.9 Å². The number of anilines is 1. The topological polar surface area (TPSA) is 106 Å². The van der Waals surface area contributed by atoms with Gasteiger partial charge in [0.1, 0.15) is 11.4 Å². The predicted octanol–water partition coefficient (Wildman–Crippen LogP) is 2.22. The number of aromatic hydroxyl groups is 1. The predicted molar refractivity (Wildman–Crippen MR) is 80.5 cm³/mol. The molecule has 0 bridgehead atoms. The first-order chi connectivity index (χ1) is 12.0. The number of hydrogen-bond donors (Lipinski definition) is 1. The number of phenols is 1. The first-order valence-corrected chi connectivity index (χ1v) is 8.12. The molecule has 12 heteroatoms. The molecule has 1 aromatic carbocycles.